The Morgan fingerprint density at radius 3 is 2.06 bits per heavy atom. The summed E-state index contributed by atoms with van der Waals surface area (Å²) in [5.41, 5.74) is 0. The number of ketones is 1. The van der Waals surface area contributed by atoms with E-state index < -0.39 is 120 Å². The van der Waals surface area contributed by atoms with Crippen LogP contribution in [0.3, 0.4) is 0 Å². The molecule has 396 valence electrons. The fraction of sp³-hybridized carbons (Fsp3) is 0.851. The van der Waals surface area contributed by atoms with Crippen LogP contribution in [0.1, 0.15) is 174 Å². The normalized spacial score (nSPS) is 30.5. The van der Waals surface area contributed by atoms with Gasteiger partial charge in [-0.25, -0.2) is 9.13 Å². The SMILES string of the molecule is CCCCCC/C=C\CCCCCCCCCC(=O)OC[C@@H]1COP(=O)(O)O[C@H]2[C@H](O)[C@@H](O)[C@H](O)[C@@H](CCCCCCC(=O)O1)[C@@H](O)CC(=O)[C@H](C=C[C@@H](O)CCCCC)[C@@H](O)[C@H]2OP(=O)(O)O. The zero-order chi connectivity index (χ0) is 50.5. The number of Topliss-reactive ketones (excluding diaryl/α,β-unsaturated/α-hetero) is 1. The van der Waals surface area contributed by atoms with Crippen molar-refractivity contribution >= 4 is 33.4 Å². The number of hydrogen-bond donors (Lipinski definition) is 9. The minimum atomic E-state index is -5.78. The third kappa shape index (κ3) is 26.0. The van der Waals surface area contributed by atoms with Crippen molar-refractivity contribution < 1.29 is 91.9 Å². The highest BCUT2D eigenvalue weighted by atomic mass is 31.2. The molecule has 68 heavy (non-hydrogen) atoms. The molecule has 1 saturated carbocycles. The summed E-state index contributed by atoms with van der Waals surface area (Å²) in [7, 11) is -11.5. The van der Waals surface area contributed by atoms with Crippen LogP contribution in [0, 0.1) is 11.8 Å². The number of fused-ring (bicyclic) bond motifs is 4. The molecule has 2 fully saturated rings. The highest BCUT2D eigenvalue weighted by molar-refractivity contribution is 7.47. The second-order valence-electron chi connectivity index (χ2n) is 18.3. The van der Waals surface area contributed by atoms with Crippen LogP contribution in [0.4, 0.5) is 0 Å². The summed E-state index contributed by atoms with van der Waals surface area (Å²) in [6, 6.07) is 0. The first-order valence-corrected chi connectivity index (χ1v) is 28.0. The summed E-state index contributed by atoms with van der Waals surface area (Å²) < 4.78 is 52.1. The van der Waals surface area contributed by atoms with Crippen molar-refractivity contribution in [2.75, 3.05) is 13.2 Å². The number of ether oxygens (including phenoxy) is 2. The van der Waals surface area contributed by atoms with Crippen LogP contribution in [-0.2, 0) is 46.6 Å². The van der Waals surface area contributed by atoms with Crippen molar-refractivity contribution in [3.8, 4) is 0 Å². The van der Waals surface area contributed by atoms with E-state index in [-0.39, 0.29) is 32.1 Å². The summed E-state index contributed by atoms with van der Waals surface area (Å²) in [6.45, 7) is 2.56. The van der Waals surface area contributed by atoms with Crippen LogP contribution >= 0.6 is 15.6 Å². The van der Waals surface area contributed by atoms with E-state index >= 15 is 0 Å². The number of hydrogen-bond acceptors (Lipinski definition) is 16. The lowest BCUT2D eigenvalue weighted by Gasteiger charge is -2.38. The van der Waals surface area contributed by atoms with Gasteiger partial charge in [0.2, 0.25) is 0 Å². The van der Waals surface area contributed by atoms with E-state index in [0.717, 1.165) is 76.4 Å². The molecule has 12 atom stereocenters. The lowest BCUT2D eigenvalue weighted by Crippen LogP contribution is -2.56. The van der Waals surface area contributed by atoms with Crippen molar-refractivity contribution in [3.05, 3.63) is 24.3 Å². The quantitative estimate of drug-likeness (QED) is 0.0209. The molecule has 2 bridgehead atoms. The molecule has 1 unspecified atom stereocenters. The third-order valence-electron chi connectivity index (χ3n) is 12.4. The molecule has 1 saturated heterocycles. The highest BCUT2D eigenvalue weighted by Crippen LogP contribution is 2.49. The predicted octanol–water partition coefficient (Wildman–Crippen LogP) is 6.32. The predicted molar refractivity (Wildman–Crippen MR) is 251 cm³/mol. The fourth-order valence-electron chi connectivity index (χ4n) is 8.41. The summed E-state index contributed by atoms with van der Waals surface area (Å²) >= 11 is 0. The van der Waals surface area contributed by atoms with E-state index in [2.05, 4.69) is 19.1 Å². The number of phosphoric acid groups is 2. The fourth-order valence-corrected chi connectivity index (χ4v) is 9.94. The van der Waals surface area contributed by atoms with Gasteiger partial charge in [-0.15, -0.1) is 0 Å². The van der Waals surface area contributed by atoms with Crippen molar-refractivity contribution in [2.24, 2.45) is 11.8 Å². The molecular formula is C47H84O19P2. The molecular weight excluding hydrogens is 930 g/mol. The number of carbonyl (C=O) groups is 3. The molecule has 1 aliphatic carbocycles. The number of aliphatic hydroxyl groups is 6. The average molecular weight is 1020 g/mol. The number of rotatable bonds is 25. The van der Waals surface area contributed by atoms with Gasteiger partial charge in [-0.3, -0.25) is 28.0 Å². The molecule has 9 N–H and O–H groups in total. The Morgan fingerprint density at radius 1 is 0.809 bits per heavy atom. The van der Waals surface area contributed by atoms with Gasteiger partial charge < -0.3 is 54.8 Å². The van der Waals surface area contributed by atoms with Gasteiger partial charge in [-0.05, 0) is 51.4 Å². The Balaban J connectivity index is 2.28. The zero-order valence-electron chi connectivity index (χ0n) is 40.3. The molecule has 19 nitrogen and oxygen atoms in total. The number of esters is 2. The topological polar surface area (TPSA) is 314 Å². The summed E-state index contributed by atoms with van der Waals surface area (Å²) in [5.74, 6) is -5.61. The van der Waals surface area contributed by atoms with E-state index in [0.29, 0.717) is 32.1 Å². The Hall–Kier alpha value is -1.93. The molecule has 21 heteroatoms. The maximum atomic E-state index is 13.9. The Morgan fingerprint density at radius 2 is 1.41 bits per heavy atom. The van der Waals surface area contributed by atoms with E-state index in [1.165, 1.54) is 25.7 Å². The van der Waals surface area contributed by atoms with Gasteiger partial charge in [0.05, 0.1) is 36.9 Å². The number of phosphoric ester groups is 2. The molecule has 0 aromatic rings. The van der Waals surface area contributed by atoms with Crippen LogP contribution in [0.25, 0.3) is 0 Å². The average Bonchev–Trinajstić information content (AvgIpc) is 3.28. The number of aliphatic hydroxyl groups excluding tert-OH is 6. The lowest BCUT2D eigenvalue weighted by atomic mass is 9.82. The standard InChI is InChI=1S/C47H84O19P2/c1-3-5-7-8-9-10-11-12-13-14-15-16-17-18-23-27-40(51)62-32-35-33-63-68(60,61)66-47-45(56)44(55)42(53)36(26-22-19-20-24-28-41(52)64-35)38(49)31-39(50)37(30-29-34(48)25-21-6-4-2)43(54)46(47)65-67(57,58)59/h10-11,29-30,34-38,42-49,53-56H,3-9,12-28,31-33H2,1-2H3,(H,60,61)(H2,57,58,59)/b11-10-,30-29?/t34-,35+,36-,37-,38-,42+,43+,44-,45+,46+,47-/m0/s1. The summed E-state index contributed by atoms with van der Waals surface area (Å²) in [5, 5.41) is 68.0. The van der Waals surface area contributed by atoms with Gasteiger partial charge in [-0.1, -0.05) is 128 Å². The zero-order valence-corrected chi connectivity index (χ0v) is 42.0. The second-order valence-corrected chi connectivity index (χ2v) is 20.9. The Kier molecular flexibility index (Phi) is 31.5. The summed E-state index contributed by atoms with van der Waals surface area (Å²) in [4.78, 5) is 70.6. The maximum absolute atomic E-state index is 13.9. The molecule has 0 amide bonds. The van der Waals surface area contributed by atoms with E-state index in [9.17, 15) is 68.8 Å². The summed E-state index contributed by atoms with van der Waals surface area (Å²) in [6.07, 6.45) is 4.10. The van der Waals surface area contributed by atoms with E-state index in [1.54, 1.807) is 0 Å². The largest absolute Gasteiger partial charge is 0.472 e. The lowest BCUT2D eigenvalue weighted by molar-refractivity contribution is -0.165. The van der Waals surface area contributed by atoms with Crippen LogP contribution in [-0.4, -0.2) is 131 Å². The molecule has 1 aliphatic heterocycles. The van der Waals surface area contributed by atoms with Gasteiger partial charge >= 0.3 is 27.6 Å². The van der Waals surface area contributed by atoms with Crippen LogP contribution in [0.5, 0.6) is 0 Å². The highest BCUT2D eigenvalue weighted by Gasteiger charge is 2.51. The van der Waals surface area contributed by atoms with Crippen molar-refractivity contribution in [1.29, 1.82) is 0 Å². The number of allylic oxidation sites excluding steroid dienone is 2. The first-order valence-electron chi connectivity index (χ1n) is 25.0. The minimum absolute atomic E-state index is 0.0532. The van der Waals surface area contributed by atoms with Crippen LogP contribution in [0.15, 0.2) is 24.3 Å². The Labute approximate surface area is 402 Å². The molecule has 2 rings (SSSR count). The van der Waals surface area contributed by atoms with Crippen LogP contribution in [0.2, 0.25) is 0 Å². The number of cyclic esters (lactones) is 1. The van der Waals surface area contributed by atoms with Gasteiger partial charge in [0.1, 0.15) is 36.8 Å². The molecule has 0 aromatic heterocycles. The smallest absolute Gasteiger partial charge is 0.462 e. The van der Waals surface area contributed by atoms with Gasteiger partial charge in [0.25, 0.3) is 0 Å². The first-order chi connectivity index (χ1) is 32.3. The van der Waals surface area contributed by atoms with Crippen molar-refractivity contribution in [1.82, 2.24) is 0 Å². The monoisotopic (exact) mass is 1010 g/mol. The second kappa shape index (κ2) is 34.4. The van der Waals surface area contributed by atoms with Gasteiger partial charge in [0, 0.05) is 25.2 Å². The van der Waals surface area contributed by atoms with E-state index in [4.69, 9.17) is 23.0 Å². The Bertz CT molecular complexity index is 1570. The molecule has 2 aliphatic rings. The first kappa shape index (κ1) is 62.2. The van der Waals surface area contributed by atoms with Crippen molar-refractivity contribution in [2.45, 2.75) is 229 Å². The van der Waals surface area contributed by atoms with Gasteiger partial charge in [0.15, 0.2) is 6.10 Å². The molecule has 0 aromatic carbocycles. The molecule has 1 heterocycles. The number of unbranched alkanes of at least 4 members (excludes halogenated alkanes) is 13. The molecule has 0 radical (unpaired) electrons. The maximum Gasteiger partial charge on any atom is 0.472 e. The molecule has 0 spiro atoms. The third-order valence-corrected chi connectivity index (χ3v) is 13.9. The van der Waals surface area contributed by atoms with E-state index in [1.807, 2.05) is 6.92 Å². The number of carbonyl (C=O) groups excluding carboxylic acids is 3. The minimum Gasteiger partial charge on any atom is -0.462 e. The van der Waals surface area contributed by atoms with Gasteiger partial charge in [-0.2, -0.15) is 0 Å². The van der Waals surface area contributed by atoms with Crippen molar-refractivity contribution in [3.63, 3.8) is 0 Å². The van der Waals surface area contributed by atoms with Crippen LogP contribution < -0.4 is 0 Å².